The molecule has 1 amide bonds. The molecule has 4 rings (SSSR count). The second kappa shape index (κ2) is 9.86. The molecule has 1 saturated heterocycles. The number of carbonyl (C=O) groups is 1. The fourth-order valence-corrected chi connectivity index (χ4v) is 4.78. The van der Waals surface area contributed by atoms with E-state index in [1.54, 1.807) is 31.5 Å². The highest BCUT2D eigenvalue weighted by Gasteiger charge is 2.32. The number of rotatable bonds is 7. The van der Waals surface area contributed by atoms with Crippen molar-refractivity contribution in [2.45, 2.75) is 20.3 Å². The van der Waals surface area contributed by atoms with Gasteiger partial charge >= 0.3 is 0 Å². The first kappa shape index (κ1) is 23.2. The first-order chi connectivity index (χ1) is 15.9. The third-order valence-electron chi connectivity index (χ3n) is 5.15. The van der Waals surface area contributed by atoms with Crippen LogP contribution in [0.4, 0.5) is 0 Å². The van der Waals surface area contributed by atoms with E-state index in [1.807, 2.05) is 32.0 Å². The maximum absolute atomic E-state index is 13.4. The number of aryl methyl sites for hydroxylation is 2. The molecule has 170 valence electrons. The van der Waals surface area contributed by atoms with Crippen molar-refractivity contribution in [3.63, 3.8) is 0 Å². The molecular weight excluding hydrogens is 458 g/mol. The predicted octanol–water partition coefficient (Wildman–Crippen LogP) is 4.34. The van der Waals surface area contributed by atoms with Crippen LogP contribution in [0.3, 0.4) is 0 Å². The number of thiocarbonyl (C=S) groups is 1. The number of fused-ring (bicyclic) bond motifs is 1. The van der Waals surface area contributed by atoms with Gasteiger partial charge in [-0.2, -0.15) is 4.98 Å². The van der Waals surface area contributed by atoms with E-state index in [0.717, 1.165) is 11.1 Å². The maximum Gasteiger partial charge on any atom is 0.269 e. The van der Waals surface area contributed by atoms with Gasteiger partial charge in [0.1, 0.15) is 21.3 Å². The van der Waals surface area contributed by atoms with Gasteiger partial charge in [0.15, 0.2) is 0 Å². The van der Waals surface area contributed by atoms with Crippen LogP contribution in [-0.2, 0) is 9.53 Å². The zero-order valence-corrected chi connectivity index (χ0v) is 20.2. The molecule has 3 aromatic rings. The molecule has 2 aromatic heterocycles. The Morgan fingerprint density at radius 3 is 2.76 bits per heavy atom. The molecule has 0 unspecified atom stereocenters. The van der Waals surface area contributed by atoms with Gasteiger partial charge in [-0.1, -0.05) is 47.7 Å². The number of amides is 1. The van der Waals surface area contributed by atoms with Crippen LogP contribution < -0.4 is 10.3 Å². The summed E-state index contributed by atoms with van der Waals surface area (Å²) < 4.78 is 13.1. The molecule has 0 aliphatic carbocycles. The van der Waals surface area contributed by atoms with Gasteiger partial charge in [-0.15, -0.1) is 0 Å². The number of hydrogen-bond donors (Lipinski definition) is 0. The third kappa shape index (κ3) is 4.85. The smallest absolute Gasteiger partial charge is 0.269 e. The number of aromatic nitrogens is 2. The standard InChI is InChI=1S/C24H23N3O4S2/c1-15-8-9-18(16(2)13-15)31-21-17(22(28)26-10-5-4-7-20(26)25-21)14-19-23(29)27(24(32)33-19)11-6-12-30-3/h4-5,7-10,13-14H,6,11-12H2,1-3H3/b19-14+. The van der Waals surface area contributed by atoms with E-state index in [9.17, 15) is 9.59 Å². The second-order valence-corrected chi connectivity index (χ2v) is 9.29. The lowest BCUT2D eigenvalue weighted by atomic mass is 10.1. The third-order valence-corrected chi connectivity index (χ3v) is 6.53. The minimum absolute atomic E-state index is 0.141. The Labute approximate surface area is 201 Å². The van der Waals surface area contributed by atoms with Crippen LogP contribution in [0.1, 0.15) is 23.1 Å². The summed E-state index contributed by atoms with van der Waals surface area (Å²) in [6.45, 7) is 4.91. The Morgan fingerprint density at radius 1 is 1.18 bits per heavy atom. The van der Waals surface area contributed by atoms with Gasteiger partial charge < -0.3 is 9.47 Å². The summed E-state index contributed by atoms with van der Waals surface area (Å²) in [6, 6.07) is 11.1. The number of nitrogens with zero attached hydrogens (tertiary/aromatic N) is 3. The van der Waals surface area contributed by atoms with E-state index in [2.05, 4.69) is 4.98 Å². The van der Waals surface area contributed by atoms with Crippen LogP contribution in [0.15, 0.2) is 52.3 Å². The molecule has 33 heavy (non-hydrogen) atoms. The number of hydrogen-bond acceptors (Lipinski definition) is 7. The fourth-order valence-electron chi connectivity index (χ4n) is 3.49. The molecule has 0 radical (unpaired) electrons. The van der Waals surface area contributed by atoms with Crippen molar-refractivity contribution in [1.82, 2.24) is 14.3 Å². The van der Waals surface area contributed by atoms with Gasteiger partial charge in [0.05, 0.1) is 4.91 Å². The number of benzene rings is 1. The van der Waals surface area contributed by atoms with Crippen LogP contribution in [0, 0.1) is 13.8 Å². The van der Waals surface area contributed by atoms with E-state index in [-0.39, 0.29) is 22.9 Å². The highest BCUT2D eigenvalue weighted by molar-refractivity contribution is 8.26. The van der Waals surface area contributed by atoms with Gasteiger partial charge in [0.2, 0.25) is 5.88 Å². The van der Waals surface area contributed by atoms with Gasteiger partial charge in [-0.05, 0) is 50.1 Å². The summed E-state index contributed by atoms with van der Waals surface area (Å²) in [5.41, 5.74) is 2.33. The number of thioether (sulfide) groups is 1. The topological polar surface area (TPSA) is 73.1 Å². The van der Waals surface area contributed by atoms with Crippen LogP contribution in [0.5, 0.6) is 11.6 Å². The zero-order valence-electron chi connectivity index (χ0n) is 18.5. The first-order valence-corrected chi connectivity index (χ1v) is 11.6. The van der Waals surface area contributed by atoms with Gasteiger partial charge in [0, 0.05) is 26.5 Å². The van der Waals surface area contributed by atoms with Gasteiger partial charge in [-0.3, -0.25) is 18.9 Å². The molecule has 1 aliphatic heterocycles. The Kier molecular flexibility index (Phi) is 6.92. The summed E-state index contributed by atoms with van der Waals surface area (Å²) in [5, 5.41) is 0. The average Bonchev–Trinajstić information content (AvgIpc) is 3.05. The highest BCUT2D eigenvalue weighted by Crippen LogP contribution is 2.34. The lowest BCUT2D eigenvalue weighted by Gasteiger charge is -2.14. The van der Waals surface area contributed by atoms with E-state index >= 15 is 0 Å². The van der Waals surface area contributed by atoms with Crippen molar-refractivity contribution in [2.75, 3.05) is 20.3 Å². The quantitative estimate of drug-likeness (QED) is 0.282. The van der Waals surface area contributed by atoms with E-state index < -0.39 is 0 Å². The Morgan fingerprint density at radius 2 is 2.00 bits per heavy atom. The summed E-state index contributed by atoms with van der Waals surface area (Å²) in [6.07, 6.45) is 3.83. The molecule has 1 aliphatic rings. The Hall–Kier alpha value is -3.01. The van der Waals surface area contributed by atoms with Crippen molar-refractivity contribution < 1.29 is 14.3 Å². The Bertz CT molecular complexity index is 1330. The SMILES string of the molecule is COCCCN1C(=O)/C(=C\c2c(Oc3ccc(C)cc3C)nc3ccccn3c2=O)SC1=S. The first-order valence-electron chi connectivity index (χ1n) is 10.4. The van der Waals surface area contributed by atoms with Gasteiger partial charge in [0.25, 0.3) is 11.5 Å². The summed E-state index contributed by atoms with van der Waals surface area (Å²) in [5.74, 6) is 0.494. The number of carbonyl (C=O) groups excluding carboxylic acids is 1. The lowest BCUT2D eigenvalue weighted by molar-refractivity contribution is -0.122. The Balaban J connectivity index is 1.78. The van der Waals surface area contributed by atoms with Crippen molar-refractivity contribution in [1.29, 1.82) is 0 Å². The summed E-state index contributed by atoms with van der Waals surface area (Å²) in [4.78, 5) is 32.8. The molecule has 0 N–H and O–H groups in total. The van der Waals surface area contributed by atoms with Crippen molar-refractivity contribution in [3.05, 3.63) is 74.5 Å². The second-order valence-electron chi connectivity index (χ2n) is 7.62. The normalized spacial score (nSPS) is 15.1. The van der Waals surface area contributed by atoms with Crippen molar-refractivity contribution >= 4 is 45.9 Å². The van der Waals surface area contributed by atoms with Crippen LogP contribution in [-0.4, -0.2) is 44.8 Å². The average molecular weight is 482 g/mol. The molecule has 7 nitrogen and oxygen atoms in total. The molecular formula is C24H23N3O4S2. The number of methoxy groups -OCH3 is 1. The number of pyridine rings is 1. The van der Waals surface area contributed by atoms with Crippen molar-refractivity contribution in [2.24, 2.45) is 0 Å². The predicted molar refractivity (Wildman–Crippen MR) is 134 cm³/mol. The van der Waals surface area contributed by atoms with E-state index in [1.165, 1.54) is 27.1 Å². The molecule has 1 aromatic carbocycles. The molecule has 9 heteroatoms. The molecule has 3 heterocycles. The molecule has 1 fully saturated rings. The van der Waals surface area contributed by atoms with E-state index in [4.69, 9.17) is 21.7 Å². The van der Waals surface area contributed by atoms with Crippen molar-refractivity contribution in [3.8, 4) is 11.6 Å². The van der Waals surface area contributed by atoms with Crippen LogP contribution >= 0.6 is 24.0 Å². The monoisotopic (exact) mass is 481 g/mol. The molecule has 0 saturated carbocycles. The minimum atomic E-state index is -0.329. The summed E-state index contributed by atoms with van der Waals surface area (Å²) >= 11 is 6.56. The zero-order chi connectivity index (χ0) is 23.5. The number of ether oxygens (including phenoxy) is 2. The van der Waals surface area contributed by atoms with Crippen LogP contribution in [0.25, 0.3) is 11.7 Å². The van der Waals surface area contributed by atoms with E-state index in [0.29, 0.717) is 40.2 Å². The maximum atomic E-state index is 13.4. The summed E-state index contributed by atoms with van der Waals surface area (Å²) in [7, 11) is 1.61. The molecule has 0 atom stereocenters. The van der Waals surface area contributed by atoms with Gasteiger partial charge in [-0.25, -0.2) is 0 Å². The minimum Gasteiger partial charge on any atom is -0.438 e. The molecule has 0 spiro atoms. The largest absolute Gasteiger partial charge is 0.438 e. The van der Waals surface area contributed by atoms with Crippen LogP contribution in [0.2, 0.25) is 0 Å². The lowest BCUT2D eigenvalue weighted by Crippen LogP contribution is -2.29. The molecule has 0 bridgehead atoms. The highest BCUT2D eigenvalue weighted by atomic mass is 32.2. The fraction of sp³-hybridized carbons (Fsp3) is 0.250.